The second-order valence-electron chi connectivity index (χ2n) is 7.31. The number of hydrogen-bond acceptors (Lipinski definition) is 6. The fourth-order valence-corrected chi connectivity index (χ4v) is 8.52. The van der Waals surface area contributed by atoms with Crippen LogP contribution < -0.4 is 0 Å². The van der Waals surface area contributed by atoms with Crippen LogP contribution in [0, 0.1) is 0 Å². The summed E-state index contributed by atoms with van der Waals surface area (Å²) >= 11 is 0. The van der Waals surface area contributed by atoms with Gasteiger partial charge in [0.1, 0.15) is 0 Å². The second kappa shape index (κ2) is 8.31. The molecular weight excluding hydrogens is 396 g/mol. The number of likely N-dealkylation sites (N-methyl/N-ethyl adjacent to an activating group) is 1. The van der Waals surface area contributed by atoms with Crippen molar-refractivity contribution in [3.8, 4) is 0 Å². The number of sulfone groups is 2. The molecule has 2 unspecified atom stereocenters. The zero-order chi connectivity index (χ0) is 20.4. The molecule has 0 saturated carbocycles. The smallest absolute Gasteiger partial charge is 0.183 e. The van der Waals surface area contributed by atoms with Crippen molar-refractivity contribution in [2.45, 2.75) is 36.0 Å². The second-order valence-corrected chi connectivity index (χ2v) is 11.6. The van der Waals surface area contributed by atoms with Gasteiger partial charge in [-0.3, -0.25) is 4.98 Å². The molecule has 2 atom stereocenters. The highest BCUT2D eigenvalue weighted by molar-refractivity contribution is 7.96. The molecule has 6 nitrogen and oxygen atoms in total. The van der Waals surface area contributed by atoms with Crippen LogP contribution in [-0.2, 0) is 32.5 Å². The largest absolute Gasteiger partial charge is 0.301 e. The zero-order valence-electron chi connectivity index (χ0n) is 16.2. The molecule has 1 aromatic carbocycles. The zero-order valence-corrected chi connectivity index (χ0v) is 17.8. The first kappa shape index (κ1) is 21.0. The van der Waals surface area contributed by atoms with Crippen LogP contribution in [0.25, 0.3) is 0 Å². The van der Waals surface area contributed by atoms with E-state index in [0.717, 1.165) is 17.5 Å². The summed E-state index contributed by atoms with van der Waals surface area (Å²) in [6.07, 6.45) is 4.94. The van der Waals surface area contributed by atoms with Crippen molar-refractivity contribution in [1.82, 2.24) is 9.88 Å². The van der Waals surface area contributed by atoms with Gasteiger partial charge in [0.2, 0.25) is 0 Å². The first-order valence-corrected chi connectivity index (χ1v) is 12.7. The number of pyridine rings is 1. The van der Waals surface area contributed by atoms with Gasteiger partial charge in [-0.25, -0.2) is 16.8 Å². The number of rotatable bonds is 7. The van der Waals surface area contributed by atoms with Gasteiger partial charge >= 0.3 is 0 Å². The van der Waals surface area contributed by atoms with Crippen molar-refractivity contribution >= 4 is 19.7 Å². The Morgan fingerprint density at radius 2 is 1.68 bits per heavy atom. The molecule has 2 heterocycles. The van der Waals surface area contributed by atoms with Crippen molar-refractivity contribution < 1.29 is 16.8 Å². The predicted molar refractivity (Wildman–Crippen MR) is 110 cm³/mol. The van der Waals surface area contributed by atoms with E-state index in [2.05, 4.69) is 4.98 Å². The van der Waals surface area contributed by atoms with Gasteiger partial charge in [-0.05, 0) is 55.3 Å². The lowest BCUT2D eigenvalue weighted by Crippen LogP contribution is -2.45. The monoisotopic (exact) mass is 422 g/mol. The quantitative estimate of drug-likeness (QED) is 0.676. The topological polar surface area (TPSA) is 84.4 Å². The molecule has 152 valence electrons. The van der Waals surface area contributed by atoms with E-state index < -0.39 is 31.0 Å². The summed E-state index contributed by atoms with van der Waals surface area (Å²) < 4.78 is 51.0. The van der Waals surface area contributed by atoms with Gasteiger partial charge < -0.3 is 4.90 Å². The minimum Gasteiger partial charge on any atom is -0.301 e. The van der Waals surface area contributed by atoms with Crippen LogP contribution in [0.4, 0.5) is 0 Å². The molecule has 0 aliphatic carbocycles. The third-order valence-corrected chi connectivity index (χ3v) is 9.53. The van der Waals surface area contributed by atoms with Gasteiger partial charge in [-0.15, -0.1) is 0 Å². The molecule has 1 aromatic heterocycles. The number of benzene rings is 1. The number of nitrogens with zero attached hydrogens (tertiary/aromatic N) is 2. The Morgan fingerprint density at radius 3 is 2.29 bits per heavy atom. The minimum absolute atomic E-state index is 0.128. The molecule has 1 saturated heterocycles. The van der Waals surface area contributed by atoms with Crippen LogP contribution >= 0.6 is 0 Å². The van der Waals surface area contributed by atoms with E-state index in [0.29, 0.717) is 13.0 Å². The maximum Gasteiger partial charge on any atom is 0.183 e. The Bertz CT molecular complexity index is 1000. The molecule has 1 aliphatic heterocycles. The van der Waals surface area contributed by atoms with Crippen LogP contribution in [0.5, 0.6) is 0 Å². The average Bonchev–Trinajstić information content (AvgIpc) is 3.03. The van der Waals surface area contributed by atoms with E-state index in [1.165, 1.54) is 0 Å². The highest BCUT2D eigenvalue weighted by Crippen LogP contribution is 2.29. The molecule has 0 bridgehead atoms. The minimum atomic E-state index is -3.74. The summed E-state index contributed by atoms with van der Waals surface area (Å²) in [5, 5.41) is -0.951. The van der Waals surface area contributed by atoms with Gasteiger partial charge in [0.25, 0.3) is 0 Å². The van der Waals surface area contributed by atoms with Crippen molar-refractivity contribution in [3.63, 3.8) is 0 Å². The molecule has 28 heavy (non-hydrogen) atoms. The van der Waals surface area contributed by atoms with E-state index >= 15 is 0 Å². The van der Waals surface area contributed by atoms with Crippen LogP contribution in [0.3, 0.4) is 0 Å². The van der Waals surface area contributed by atoms with Crippen molar-refractivity contribution in [2.24, 2.45) is 0 Å². The highest BCUT2D eigenvalue weighted by Gasteiger charge is 2.47. The number of aryl methyl sites for hydroxylation is 1. The third-order valence-electron chi connectivity index (χ3n) is 5.40. The lowest BCUT2D eigenvalue weighted by molar-refractivity contribution is 0.266. The number of hydrogen-bond donors (Lipinski definition) is 0. The van der Waals surface area contributed by atoms with Crippen molar-refractivity contribution in [1.29, 1.82) is 0 Å². The molecule has 0 spiro atoms. The van der Waals surface area contributed by atoms with Gasteiger partial charge in [0, 0.05) is 25.0 Å². The van der Waals surface area contributed by atoms with Gasteiger partial charge in [0.05, 0.1) is 21.7 Å². The number of aromatic nitrogens is 1. The van der Waals surface area contributed by atoms with Crippen molar-refractivity contribution in [2.75, 3.05) is 25.1 Å². The van der Waals surface area contributed by atoms with E-state index in [1.807, 2.05) is 24.0 Å². The fourth-order valence-electron chi connectivity index (χ4n) is 3.61. The third kappa shape index (κ3) is 4.61. The maximum atomic E-state index is 13.2. The highest BCUT2D eigenvalue weighted by atomic mass is 32.2. The Labute approximate surface area is 167 Å². The normalized spacial score (nSPS) is 21.8. The molecular formula is C20H26N2O4S2. The van der Waals surface area contributed by atoms with Gasteiger partial charge in [0.15, 0.2) is 19.7 Å². The van der Waals surface area contributed by atoms with Crippen molar-refractivity contribution in [3.05, 3.63) is 59.9 Å². The first-order valence-electron chi connectivity index (χ1n) is 9.35. The van der Waals surface area contributed by atoms with E-state index in [-0.39, 0.29) is 16.4 Å². The standard InChI is InChI=1S/C20H26N2O4S2/c1-3-16-4-6-18(7-5-16)28(25,26)20-15-27(23,24)14-19(20)22(2)13-10-17-8-11-21-12-9-17/h4-9,11-12,19-20H,3,10,13-15H2,1-2H3. The van der Waals surface area contributed by atoms with Crippen LogP contribution in [-0.4, -0.2) is 63.1 Å². The van der Waals surface area contributed by atoms with Gasteiger partial charge in [-0.2, -0.15) is 0 Å². The Balaban J connectivity index is 1.82. The van der Waals surface area contributed by atoms with Gasteiger partial charge in [-0.1, -0.05) is 19.1 Å². The Morgan fingerprint density at radius 1 is 1.04 bits per heavy atom. The molecule has 8 heteroatoms. The van der Waals surface area contributed by atoms with Crippen LogP contribution in [0.15, 0.2) is 53.7 Å². The van der Waals surface area contributed by atoms with E-state index in [4.69, 9.17) is 0 Å². The van der Waals surface area contributed by atoms with Crippen LogP contribution in [0.2, 0.25) is 0 Å². The Hall–Kier alpha value is -1.77. The maximum absolute atomic E-state index is 13.2. The molecule has 0 radical (unpaired) electrons. The lowest BCUT2D eigenvalue weighted by atomic mass is 10.1. The first-order chi connectivity index (χ1) is 13.2. The summed E-state index contributed by atoms with van der Waals surface area (Å²) in [6, 6.07) is 10.0. The molecule has 0 amide bonds. The SMILES string of the molecule is CCc1ccc(S(=O)(=O)C2CS(=O)(=O)CC2N(C)CCc2ccncc2)cc1. The summed E-state index contributed by atoms with van der Waals surface area (Å²) in [5.41, 5.74) is 2.13. The van der Waals surface area contributed by atoms with E-state index in [1.54, 1.807) is 43.7 Å². The predicted octanol–water partition coefficient (Wildman–Crippen LogP) is 1.76. The van der Waals surface area contributed by atoms with E-state index in [9.17, 15) is 16.8 Å². The molecule has 2 aromatic rings. The fraction of sp³-hybridized carbons (Fsp3) is 0.450. The molecule has 1 fully saturated rings. The van der Waals surface area contributed by atoms with Crippen LogP contribution in [0.1, 0.15) is 18.1 Å². The lowest BCUT2D eigenvalue weighted by Gasteiger charge is -2.28. The molecule has 3 rings (SSSR count). The summed E-state index contributed by atoms with van der Waals surface area (Å²) in [5.74, 6) is -0.452. The summed E-state index contributed by atoms with van der Waals surface area (Å²) in [6.45, 7) is 2.58. The molecule has 1 aliphatic rings. The summed E-state index contributed by atoms with van der Waals surface area (Å²) in [7, 11) is -5.35. The molecule has 0 N–H and O–H groups in total. The summed E-state index contributed by atoms with van der Waals surface area (Å²) in [4.78, 5) is 6.05. The Kier molecular flexibility index (Phi) is 6.21. The average molecular weight is 423 g/mol.